The smallest absolute Gasteiger partial charge is 0.339 e. The van der Waals surface area contributed by atoms with Crippen molar-refractivity contribution < 1.29 is 81.8 Å². The van der Waals surface area contributed by atoms with E-state index in [4.69, 9.17) is 56.8 Å². The average Bonchev–Trinajstić information content (AvgIpc) is 1.67. The summed E-state index contributed by atoms with van der Waals surface area (Å²) in [5.41, 5.74) is 4.03. The van der Waals surface area contributed by atoms with Crippen molar-refractivity contribution in [2.24, 2.45) is 36.6 Å². The molecule has 21 heteroatoms. The Bertz CT molecular complexity index is 3310. The van der Waals surface area contributed by atoms with Crippen molar-refractivity contribution in [1.82, 2.24) is 14.5 Å². The van der Waals surface area contributed by atoms with Crippen LogP contribution in [0.5, 0.6) is 0 Å². The molecular weight excluding hydrogens is 1260 g/mol. The molecule has 23 unspecified atom stereocenters. The predicted molar refractivity (Wildman–Crippen MR) is 349 cm³/mol. The van der Waals surface area contributed by atoms with Crippen LogP contribution in [0.2, 0.25) is 0 Å². The normalized spacial score (nSPS) is 39.8. The number of aliphatic hydroxyl groups excluding tert-OH is 2. The number of hydrogen-bond donors (Lipinski definition) is 3. The highest BCUT2D eigenvalue weighted by Gasteiger charge is 2.60. The highest BCUT2D eigenvalue weighted by Crippen LogP contribution is 2.51. The van der Waals surface area contributed by atoms with Gasteiger partial charge in [-0.3, -0.25) is 14.7 Å². The molecule has 2 aliphatic carbocycles. The van der Waals surface area contributed by atoms with Crippen LogP contribution < -0.4 is 0 Å². The molecule has 9 aliphatic rings. The highest BCUT2D eigenvalue weighted by atomic mass is 79.9. The van der Waals surface area contributed by atoms with Crippen molar-refractivity contribution in [2.45, 2.75) is 216 Å². The molecule has 1 aromatic carbocycles. The summed E-state index contributed by atoms with van der Waals surface area (Å²) in [5, 5.41) is 35.5. The number of carbonyl (C=O) groups is 2. The van der Waals surface area contributed by atoms with Crippen molar-refractivity contribution in [2.75, 3.05) is 48.1 Å². The fourth-order valence-corrected chi connectivity index (χ4v) is 16.6. The standard InChI is InChI=1S/C48H72O14.C24H26BrN3O3/c1-11-25(2)43-28(5)17-18-47(62-43)23-34-20-33(61-47)16-15-27(4)42(26(3)13-12-14-32-24-55-45-40(49)29(6)19-35(46(51)58-34)48(32,45)52)59-39-22-37(54-10)44(31(8)57-39)60-38-21-36(53-9)41(50)30(7)56-38;1-27-13-17-8-21-24(30-3,19-5-4-6-20(27)22(17)19)9-15(12-28(21)2)14-31-23(29)16-7-18(25)11-26-10-16/h12-15,17-19,25-26,28,30-31,33-45,49-50,52H,11,16,20-24H2,1-10H3;4-7,10-11,13,15,21H,8-9,12,14H2,1-3H3. The largest absolute Gasteiger partial charge is 0.462 e. The van der Waals surface area contributed by atoms with Crippen molar-refractivity contribution in [3.8, 4) is 0 Å². The van der Waals surface area contributed by atoms with Crippen molar-refractivity contribution in [3.63, 3.8) is 0 Å². The number of ether oxygens (including phenoxy) is 12. The van der Waals surface area contributed by atoms with Crippen LogP contribution >= 0.6 is 15.9 Å². The minimum atomic E-state index is -1.84. The van der Waals surface area contributed by atoms with Crippen LogP contribution in [0.4, 0.5) is 0 Å². The number of benzene rings is 1. The number of esters is 2. The van der Waals surface area contributed by atoms with Gasteiger partial charge in [-0.2, -0.15) is 0 Å². The lowest BCUT2D eigenvalue weighted by molar-refractivity contribution is -0.318. The zero-order valence-electron chi connectivity index (χ0n) is 56.2. The number of rotatable bonds is 12. The zero-order chi connectivity index (χ0) is 66.4. The van der Waals surface area contributed by atoms with E-state index in [0.717, 1.165) is 35.9 Å². The number of hydrogen-bond acceptors (Lipinski definition) is 19. The molecule has 0 amide bonds. The van der Waals surface area contributed by atoms with Gasteiger partial charge in [0.2, 0.25) is 0 Å². The Morgan fingerprint density at radius 3 is 2.41 bits per heavy atom. The van der Waals surface area contributed by atoms with E-state index in [1.807, 2.05) is 39.2 Å². The lowest BCUT2D eigenvalue weighted by Gasteiger charge is -2.53. The van der Waals surface area contributed by atoms with Gasteiger partial charge in [-0.25, -0.2) is 4.79 Å². The molecule has 2 bridgehead atoms. The molecule has 23 atom stereocenters. The fourth-order valence-electron chi connectivity index (χ4n) is 16.2. The van der Waals surface area contributed by atoms with Gasteiger partial charge in [-0.15, -0.1) is 0 Å². The van der Waals surface area contributed by atoms with Gasteiger partial charge >= 0.3 is 11.9 Å². The number of fused-ring (bicyclic) bond motifs is 4. The van der Waals surface area contributed by atoms with Crippen LogP contribution in [0, 0.1) is 29.6 Å². The first-order valence-corrected chi connectivity index (χ1v) is 34.2. The number of carbonyl (C=O) groups excluding carboxylic acids is 2. The van der Waals surface area contributed by atoms with Crippen molar-refractivity contribution >= 4 is 38.8 Å². The molecule has 9 heterocycles. The van der Waals surface area contributed by atoms with E-state index in [0.29, 0.717) is 55.4 Å². The zero-order valence-corrected chi connectivity index (χ0v) is 57.8. The maximum atomic E-state index is 14.3. The lowest BCUT2D eigenvalue weighted by Crippen LogP contribution is -2.59. The summed E-state index contributed by atoms with van der Waals surface area (Å²) < 4.78 is 78.7. The summed E-state index contributed by atoms with van der Waals surface area (Å²) in [4.78, 5) is 33.3. The van der Waals surface area contributed by atoms with E-state index >= 15 is 0 Å². The van der Waals surface area contributed by atoms with E-state index in [1.54, 1.807) is 52.5 Å². The van der Waals surface area contributed by atoms with Gasteiger partial charge in [0.1, 0.15) is 47.6 Å². The topological polar surface area (TPSA) is 227 Å². The molecule has 510 valence electrons. The molecule has 7 aliphatic heterocycles. The molecule has 1 spiro atoms. The molecular formula is C72H98BrN3O17. The fraction of sp³-hybridized carbons (Fsp3) is 0.653. The Morgan fingerprint density at radius 2 is 1.67 bits per heavy atom. The summed E-state index contributed by atoms with van der Waals surface area (Å²) >= 11 is 3.35. The number of halogens is 1. The first-order chi connectivity index (χ1) is 44.4. The summed E-state index contributed by atoms with van der Waals surface area (Å²) in [6, 6.07) is 8.47. The minimum Gasteiger partial charge on any atom is -0.462 e. The third kappa shape index (κ3) is 14.0. The van der Waals surface area contributed by atoms with Crippen LogP contribution in [0.3, 0.4) is 0 Å². The van der Waals surface area contributed by atoms with Gasteiger partial charge in [0.05, 0.1) is 61.5 Å². The predicted octanol–water partition coefficient (Wildman–Crippen LogP) is 9.29. The molecule has 3 aromatic rings. The monoisotopic (exact) mass is 1360 g/mol. The van der Waals surface area contributed by atoms with Gasteiger partial charge in [0.15, 0.2) is 18.4 Å². The number of allylic oxidation sites excluding steroid dienone is 2. The van der Waals surface area contributed by atoms with E-state index in [1.165, 1.54) is 28.2 Å². The van der Waals surface area contributed by atoms with Crippen LogP contribution in [0.25, 0.3) is 10.9 Å². The van der Waals surface area contributed by atoms with E-state index in [9.17, 15) is 24.9 Å². The Labute approximate surface area is 556 Å². The average molecular weight is 1360 g/mol. The third-order valence-electron chi connectivity index (χ3n) is 21.4. The summed E-state index contributed by atoms with van der Waals surface area (Å²) in [6.07, 6.45) is 15.8. The van der Waals surface area contributed by atoms with Crippen molar-refractivity contribution in [3.05, 3.63) is 123 Å². The number of aromatic nitrogens is 2. The number of nitrogens with zero attached hydrogens (tertiary/aromatic N) is 3. The van der Waals surface area contributed by atoms with E-state index in [2.05, 4.69) is 109 Å². The number of pyridine rings is 1. The second-order valence-corrected chi connectivity index (χ2v) is 28.6. The first kappa shape index (κ1) is 69.8. The maximum Gasteiger partial charge on any atom is 0.339 e. The van der Waals surface area contributed by atoms with E-state index in [-0.39, 0.29) is 60.6 Å². The molecule has 20 nitrogen and oxygen atoms in total. The molecule has 0 radical (unpaired) electrons. The molecule has 2 aromatic heterocycles. The van der Waals surface area contributed by atoms with Gasteiger partial charge in [-0.05, 0) is 122 Å². The first-order valence-electron chi connectivity index (χ1n) is 33.4. The molecule has 93 heavy (non-hydrogen) atoms. The van der Waals surface area contributed by atoms with E-state index < -0.39 is 96.4 Å². The molecule has 3 N–H and O–H groups in total. The Morgan fingerprint density at radius 1 is 0.914 bits per heavy atom. The van der Waals surface area contributed by atoms with Gasteiger partial charge < -0.3 is 76.7 Å². The number of aliphatic hydroxyl groups is 3. The van der Waals surface area contributed by atoms with Crippen LogP contribution in [0.15, 0.2) is 107 Å². The van der Waals surface area contributed by atoms with Crippen molar-refractivity contribution in [1.29, 1.82) is 0 Å². The quantitative estimate of drug-likeness (QED) is 0.113. The summed E-state index contributed by atoms with van der Waals surface area (Å²) in [5.74, 6) is -2.74. The number of methoxy groups -OCH3 is 3. The number of likely N-dealkylation sites (N-methyl/N-ethyl adjacent to an activating group) is 1. The number of aryl methyl sites for hydroxylation is 1. The molecule has 5 saturated heterocycles. The van der Waals surface area contributed by atoms with Gasteiger partial charge in [-0.1, -0.05) is 82.7 Å². The maximum absolute atomic E-state index is 14.3. The summed E-state index contributed by atoms with van der Waals surface area (Å²) in [7, 11) is 9.29. The third-order valence-corrected chi connectivity index (χ3v) is 21.9. The minimum absolute atomic E-state index is 0.0317. The second-order valence-electron chi connectivity index (χ2n) is 27.7. The molecule has 5 fully saturated rings. The Kier molecular flexibility index (Phi) is 21.7. The van der Waals surface area contributed by atoms with Gasteiger partial charge in [0.25, 0.3) is 0 Å². The SMILES string of the molecule is CCC(C)C1OC2(C=CC1C)CC1CC(CC=C(C)C(OC3CC(OC)C(OC4CC(OC)C(O)C(C)O4)C(C)O3)C(C)C=CC=C3COC4C(O)C(C)=CC(C(=O)O1)C34O)O2.COC12CC(COC(=O)c3cncc(Br)c3)CN(C)C1Cc1cn(C)c3cccc2c13. The number of piperidine rings is 1. The van der Waals surface area contributed by atoms with Gasteiger partial charge in [0, 0.05) is 118 Å². The number of likely N-dealkylation sites (tertiary alicyclic amines) is 1. The Hall–Kier alpha value is -4.53. The van der Waals surface area contributed by atoms with Crippen LogP contribution in [0.1, 0.15) is 122 Å². The van der Waals surface area contributed by atoms with Crippen LogP contribution in [-0.4, -0.2) is 193 Å². The summed E-state index contributed by atoms with van der Waals surface area (Å²) in [6.45, 7) is 17.3. The van der Waals surface area contributed by atoms with Crippen LogP contribution in [-0.2, 0) is 80.7 Å². The lowest BCUT2D eigenvalue weighted by atomic mass is 9.69. The molecule has 0 saturated carbocycles. The highest BCUT2D eigenvalue weighted by molar-refractivity contribution is 9.10. The second kappa shape index (κ2) is 28.9. The molecule has 12 rings (SSSR count). The Balaban J connectivity index is 0.000000237.